The van der Waals surface area contributed by atoms with Gasteiger partial charge in [-0.25, -0.2) is 4.79 Å². The van der Waals surface area contributed by atoms with E-state index in [1.807, 2.05) is 19.1 Å². The summed E-state index contributed by atoms with van der Waals surface area (Å²) in [5.41, 5.74) is 1.59. The van der Waals surface area contributed by atoms with Crippen molar-refractivity contribution in [2.24, 2.45) is 0 Å². The molecule has 0 unspecified atom stereocenters. The Morgan fingerprint density at radius 1 is 1.19 bits per heavy atom. The number of thioether (sulfide) groups is 1. The van der Waals surface area contributed by atoms with Crippen LogP contribution in [0.15, 0.2) is 47.4 Å². The van der Waals surface area contributed by atoms with Crippen molar-refractivity contribution in [3.8, 4) is 0 Å². The molecule has 2 aromatic rings. The lowest BCUT2D eigenvalue weighted by Crippen LogP contribution is -2.21. The summed E-state index contributed by atoms with van der Waals surface area (Å²) in [4.78, 5) is 34.8. The molecule has 0 radical (unpaired) electrons. The van der Waals surface area contributed by atoms with Crippen LogP contribution in [0.25, 0.3) is 0 Å². The minimum atomic E-state index is -0.794. The van der Waals surface area contributed by atoms with E-state index in [1.165, 1.54) is 23.9 Å². The number of nitro groups is 1. The Kier molecular flexibility index (Phi) is 6.74. The third kappa shape index (κ3) is 5.06. The van der Waals surface area contributed by atoms with Crippen LogP contribution in [0.1, 0.15) is 22.8 Å². The van der Waals surface area contributed by atoms with Crippen LogP contribution in [0, 0.1) is 10.1 Å². The first-order valence-corrected chi connectivity index (χ1v) is 9.05. The Hall–Kier alpha value is -2.87. The third-order valence-corrected chi connectivity index (χ3v) is 4.38. The lowest BCUT2D eigenvalue weighted by atomic mass is 10.1. The summed E-state index contributed by atoms with van der Waals surface area (Å²) in [6, 6.07) is 11.4. The number of esters is 1. The van der Waals surface area contributed by atoms with Crippen molar-refractivity contribution in [1.82, 2.24) is 0 Å². The van der Waals surface area contributed by atoms with E-state index in [4.69, 9.17) is 4.74 Å². The van der Waals surface area contributed by atoms with Crippen LogP contribution in [0.2, 0.25) is 0 Å². The zero-order valence-corrected chi connectivity index (χ0v) is 15.2. The maximum Gasteiger partial charge on any atom is 0.338 e. The Balaban J connectivity index is 1.96. The van der Waals surface area contributed by atoms with Gasteiger partial charge in [-0.2, -0.15) is 0 Å². The van der Waals surface area contributed by atoms with Gasteiger partial charge in [-0.05, 0) is 42.5 Å². The average Bonchev–Trinajstić information content (AvgIpc) is 2.66. The fourth-order valence-corrected chi connectivity index (χ4v) is 2.74. The summed E-state index contributed by atoms with van der Waals surface area (Å²) >= 11 is 1.21. The fraction of sp³-hybridized carbons (Fsp3) is 0.222. The summed E-state index contributed by atoms with van der Waals surface area (Å²) in [5, 5.41) is 13.7. The molecule has 1 amide bonds. The molecule has 2 rings (SSSR count). The zero-order valence-electron chi connectivity index (χ0n) is 14.4. The van der Waals surface area contributed by atoms with Crippen LogP contribution >= 0.6 is 11.8 Å². The number of ether oxygens (including phenoxy) is 1. The molecule has 8 heteroatoms. The molecule has 0 bridgehead atoms. The average molecular weight is 374 g/mol. The van der Waals surface area contributed by atoms with Crippen LogP contribution in [0.4, 0.5) is 11.4 Å². The maximum absolute atomic E-state index is 12.0. The van der Waals surface area contributed by atoms with Crippen molar-refractivity contribution in [3.63, 3.8) is 0 Å². The molecule has 0 spiro atoms. The van der Waals surface area contributed by atoms with Crippen molar-refractivity contribution in [3.05, 3.63) is 63.7 Å². The number of nitro benzene ring substituents is 1. The van der Waals surface area contributed by atoms with Gasteiger partial charge in [0.2, 0.25) is 0 Å². The van der Waals surface area contributed by atoms with Gasteiger partial charge in [0.05, 0.1) is 15.4 Å². The van der Waals surface area contributed by atoms with E-state index in [0.29, 0.717) is 10.6 Å². The van der Waals surface area contributed by atoms with Crippen molar-refractivity contribution >= 4 is 35.0 Å². The fourth-order valence-electron chi connectivity index (χ4n) is 2.19. The van der Waals surface area contributed by atoms with Gasteiger partial charge in [0.25, 0.3) is 11.6 Å². The Bertz CT molecular complexity index is 821. The largest absolute Gasteiger partial charge is 0.452 e. The standard InChI is InChI=1S/C18H18N2O5S/c1-3-12-4-7-14(8-5-12)19-17(21)11-25-18(22)13-6-9-16(26-2)15(10-13)20(23)24/h4-10H,3,11H2,1-2H3,(H,19,21). The van der Waals surface area contributed by atoms with Crippen LogP contribution < -0.4 is 5.32 Å². The monoisotopic (exact) mass is 374 g/mol. The van der Waals surface area contributed by atoms with Crippen LogP contribution in [-0.4, -0.2) is 29.7 Å². The van der Waals surface area contributed by atoms with Gasteiger partial charge in [-0.15, -0.1) is 11.8 Å². The van der Waals surface area contributed by atoms with Crippen molar-refractivity contribution in [2.75, 3.05) is 18.2 Å². The number of carbonyl (C=O) groups is 2. The first-order chi connectivity index (χ1) is 12.4. The maximum atomic E-state index is 12.0. The molecule has 0 saturated carbocycles. The third-order valence-electron chi connectivity index (χ3n) is 3.59. The number of benzene rings is 2. The van der Waals surface area contributed by atoms with Gasteiger partial charge in [0.15, 0.2) is 6.61 Å². The molecule has 26 heavy (non-hydrogen) atoms. The predicted octanol–water partition coefficient (Wildman–Crippen LogP) is 3.67. The summed E-state index contributed by atoms with van der Waals surface area (Å²) in [5.74, 6) is -1.28. The quantitative estimate of drug-likeness (QED) is 0.344. The smallest absolute Gasteiger partial charge is 0.338 e. The van der Waals surface area contributed by atoms with Crippen molar-refractivity contribution in [1.29, 1.82) is 0 Å². The number of amides is 1. The van der Waals surface area contributed by atoms with E-state index in [2.05, 4.69) is 5.32 Å². The van der Waals surface area contributed by atoms with Gasteiger partial charge in [-0.1, -0.05) is 19.1 Å². The molecule has 0 fully saturated rings. The molecule has 136 valence electrons. The number of carbonyl (C=O) groups excluding carboxylic acids is 2. The first-order valence-electron chi connectivity index (χ1n) is 7.83. The molecule has 0 aliphatic carbocycles. The molecule has 0 saturated heterocycles. The highest BCUT2D eigenvalue weighted by atomic mass is 32.2. The molecule has 7 nitrogen and oxygen atoms in total. The van der Waals surface area contributed by atoms with E-state index in [9.17, 15) is 19.7 Å². The summed E-state index contributed by atoms with van der Waals surface area (Å²) < 4.78 is 4.93. The number of aryl methyl sites for hydroxylation is 1. The lowest BCUT2D eigenvalue weighted by Gasteiger charge is -2.08. The Labute approximate surface area is 154 Å². The molecule has 1 N–H and O–H groups in total. The molecule has 0 heterocycles. The Morgan fingerprint density at radius 2 is 1.88 bits per heavy atom. The van der Waals surface area contributed by atoms with Crippen molar-refractivity contribution < 1.29 is 19.2 Å². The van der Waals surface area contributed by atoms with E-state index in [1.54, 1.807) is 18.4 Å². The first kappa shape index (κ1) is 19.5. The van der Waals surface area contributed by atoms with E-state index < -0.39 is 23.4 Å². The molecular formula is C18H18N2O5S. The number of hydrogen-bond acceptors (Lipinski definition) is 6. The van der Waals surface area contributed by atoms with Gasteiger partial charge in [-0.3, -0.25) is 14.9 Å². The summed E-state index contributed by atoms with van der Waals surface area (Å²) in [6.45, 7) is 1.55. The highest BCUT2D eigenvalue weighted by molar-refractivity contribution is 7.98. The minimum Gasteiger partial charge on any atom is -0.452 e. The second-order valence-electron chi connectivity index (χ2n) is 5.32. The number of nitrogens with one attached hydrogen (secondary N) is 1. The van der Waals surface area contributed by atoms with Gasteiger partial charge >= 0.3 is 5.97 Å². The van der Waals surface area contributed by atoms with Crippen LogP contribution in [-0.2, 0) is 16.0 Å². The van der Waals surface area contributed by atoms with Gasteiger partial charge < -0.3 is 10.1 Å². The Morgan fingerprint density at radius 3 is 2.46 bits per heavy atom. The van der Waals surface area contributed by atoms with Crippen LogP contribution in [0.5, 0.6) is 0 Å². The number of nitrogens with zero attached hydrogens (tertiary/aromatic N) is 1. The minimum absolute atomic E-state index is 0.0228. The van der Waals surface area contributed by atoms with E-state index in [-0.39, 0.29) is 11.3 Å². The van der Waals surface area contributed by atoms with Gasteiger partial charge in [0, 0.05) is 11.8 Å². The van der Waals surface area contributed by atoms with E-state index >= 15 is 0 Å². The summed E-state index contributed by atoms with van der Waals surface area (Å²) in [7, 11) is 0. The normalized spacial score (nSPS) is 10.2. The lowest BCUT2D eigenvalue weighted by molar-refractivity contribution is -0.387. The zero-order chi connectivity index (χ0) is 19.1. The molecule has 0 aliphatic heterocycles. The highest BCUT2D eigenvalue weighted by Crippen LogP contribution is 2.28. The predicted molar refractivity (Wildman–Crippen MR) is 99.6 cm³/mol. The molecule has 0 aromatic heterocycles. The second-order valence-corrected chi connectivity index (χ2v) is 6.17. The summed E-state index contributed by atoms with van der Waals surface area (Å²) in [6.07, 6.45) is 2.60. The van der Waals surface area contributed by atoms with Crippen LogP contribution in [0.3, 0.4) is 0 Å². The molecule has 2 aromatic carbocycles. The van der Waals surface area contributed by atoms with Gasteiger partial charge in [0.1, 0.15) is 0 Å². The number of hydrogen-bond donors (Lipinski definition) is 1. The highest BCUT2D eigenvalue weighted by Gasteiger charge is 2.18. The molecule has 0 atom stereocenters. The SMILES string of the molecule is CCc1ccc(NC(=O)COC(=O)c2ccc(SC)c([N+](=O)[O-])c2)cc1. The molecule has 0 aliphatic rings. The van der Waals surface area contributed by atoms with E-state index in [0.717, 1.165) is 18.1 Å². The second kappa shape index (κ2) is 9.00. The number of rotatable bonds is 7. The molecular weight excluding hydrogens is 356 g/mol. The van der Waals surface area contributed by atoms with Crippen molar-refractivity contribution in [2.45, 2.75) is 18.2 Å². The topological polar surface area (TPSA) is 98.5 Å². The number of anilines is 1.